The number of aromatic carboxylic acids is 1. The Morgan fingerprint density at radius 1 is 1.35 bits per heavy atom. The minimum atomic E-state index is -0.917. The lowest BCUT2D eigenvalue weighted by Gasteiger charge is -2.08. The number of hydrogen-bond donors (Lipinski definition) is 1. The summed E-state index contributed by atoms with van der Waals surface area (Å²) in [4.78, 5) is 17.1. The Bertz CT molecular complexity index is 801. The lowest BCUT2D eigenvalue weighted by molar-refractivity contribution is 0.0698. The number of para-hydroxylation sites is 1. The summed E-state index contributed by atoms with van der Waals surface area (Å²) in [6.07, 6.45) is 0. The number of carboxylic acids is 1. The van der Waals surface area contributed by atoms with Crippen molar-refractivity contribution in [1.82, 2.24) is 9.55 Å². The Morgan fingerprint density at radius 2 is 2.15 bits per heavy atom. The number of benzene rings is 1. The maximum atomic E-state index is 11.4. The molecule has 0 unspecified atom stereocenters. The molecule has 2 aromatic heterocycles. The smallest absolute Gasteiger partial charge is 0.337 e. The topological polar surface area (TPSA) is 55.1 Å². The van der Waals surface area contributed by atoms with Crippen molar-refractivity contribution in [2.24, 2.45) is 0 Å². The Kier molecular flexibility index (Phi) is 3.06. The number of thiophene rings is 1. The number of carbonyl (C=O) groups is 1. The number of rotatable bonds is 3. The summed E-state index contributed by atoms with van der Waals surface area (Å²) in [7, 11) is 0. The van der Waals surface area contributed by atoms with Gasteiger partial charge in [0.25, 0.3) is 0 Å². The van der Waals surface area contributed by atoms with E-state index in [1.807, 2.05) is 17.6 Å². The van der Waals surface area contributed by atoms with Gasteiger partial charge in [-0.15, -0.1) is 11.3 Å². The number of fused-ring (bicyclic) bond motifs is 1. The zero-order chi connectivity index (χ0) is 14.3. The first kappa shape index (κ1) is 12.9. The maximum Gasteiger partial charge on any atom is 0.337 e. The molecule has 0 saturated heterocycles. The molecule has 0 atom stereocenters. The number of imidazole rings is 1. The van der Waals surface area contributed by atoms with Gasteiger partial charge in [0, 0.05) is 4.88 Å². The fourth-order valence-electron chi connectivity index (χ4n) is 2.38. The van der Waals surface area contributed by atoms with Gasteiger partial charge < -0.3 is 9.67 Å². The van der Waals surface area contributed by atoms with Crippen LogP contribution in [0, 0.1) is 13.8 Å². The summed E-state index contributed by atoms with van der Waals surface area (Å²) in [5.74, 6) is -0.0823. The molecule has 1 aromatic carbocycles. The Morgan fingerprint density at radius 3 is 2.80 bits per heavy atom. The minimum Gasteiger partial charge on any atom is -0.478 e. The van der Waals surface area contributed by atoms with Crippen molar-refractivity contribution in [3.63, 3.8) is 0 Å². The number of nitrogens with zero attached hydrogens (tertiary/aromatic N) is 2. The summed E-state index contributed by atoms with van der Waals surface area (Å²) in [5.41, 5.74) is 2.96. The molecule has 5 heteroatoms. The molecule has 2 heterocycles. The van der Waals surface area contributed by atoms with Crippen molar-refractivity contribution in [2.45, 2.75) is 20.4 Å². The zero-order valence-corrected chi connectivity index (χ0v) is 12.1. The second-order valence-corrected chi connectivity index (χ2v) is 5.75. The zero-order valence-electron chi connectivity index (χ0n) is 11.3. The van der Waals surface area contributed by atoms with E-state index < -0.39 is 5.97 Å². The van der Waals surface area contributed by atoms with E-state index in [1.54, 1.807) is 23.5 Å². The van der Waals surface area contributed by atoms with E-state index in [0.29, 0.717) is 17.6 Å². The summed E-state index contributed by atoms with van der Waals surface area (Å²) < 4.78 is 1.98. The van der Waals surface area contributed by atoms with Gasteiger partial charge in [0.1, 0.15) is 5.82 Å². The molecule has 0 bridgehead atoms. The maximum absolute atomic E-state index is 11.4. The molecule has 0 aliphatic rings. The van der Waals surface area contributed by atoms with Crippen molar-refractivity contribution in [2.75, 3.05) is 0 Å². The second kappa shape index (κ2) is 4.76. The molecule has 0 aliphatic carbocycles. The van der Waals surface area contributed by atoms with Crippen LogP contribution in [-0.4, -0.2) is 20.6 Å². The van der Waals surface area contributed by atoms with Gasteiger partial charge in [-0.3, -0.25) is 0 Å². The highest BCUT2D eigenvalue weighted by Crippen LogP contribution is 2.24. The average Bonchev–Trinajstić information content (AvgIpc) is 2.94. The number of carboxylic acid groups (broad SMARTS) is 1. The summed E-state index contributed by atoms with van der Waals surface area (Å²) in [6.45, 7) is 4.64. The first-order valence-corrected chi connectivity index (χ1v) is 7.18. The quantitative estimate of drug-likeness (QED) is 0.802. The summed E-state index contributed by atoms with van der Waals surface area (Å²) in [5, 5.41) is 11.4. The molecule has 0 radical (unpaired) electrons. The Balaban J connectivity index is 2.22. The van der Waals surface area contributed by atoms with Crippen molar-refractivity contribution in [1.29, 1.82) is 0 Å². The molecule has 20 heavy (non-hydrogen) atoms. The van der Waals surface area contributed by atoms with Gasteiger partial charge >= 0.3 is 5.97 Å². The van der Waals surface area contributed by atoms with Crippen LogP contribution in [0.5, 0.6) is 0 Å². The standard InChI is InChI=1S/C15H14N2O2S/c1-9-6-7-20-13(9)8-17-10(2)16-12-5-3-4-11(14(12)17)15(18)19/h3-7H,8H2,1-2H3,(H,18,19). The van der Waals surface area contributed by atoms with Gasteiger partial charge in [0.15, 0.2) is 0 Å². The first-order chi connectivity index (χ1) is 9.58. The molecular formula is C15H14N2O2S. The summed E-state index contributed by atoms with van der Waals surface area (Å²) in [6, 6.07) is 7.29. The first-order valence-electron chi connectivity index (χ1n) is 6.30. The van der Waals surface area contributed by atoms with Crippen LogP contribution in [-0.2, 0) is 6.54 Å². The average molecular weight is 286 g/mol. The van der Waals surface area contributed by atoms with E-state index >= 15 is 0 Å². The number of aryl methyl sites for hydroxylation is 2. The van der Waals surface area contributed by atoms with E-state index in [9.17, 15) is 9.90 Å². The largest absolute Gasteiger partial charge is 0.478 e. The normalized spacial score (nSPS) is 11.1. The van der Waals surface area contributed by atoms with Crippen LogP contribution in [0.2, 0.25) is 0 Å². The van der Waals surface area contributed by atoms with Crippen LogP contribution in [0.25, 0.3) is 11.0 Å². The third-order valence-electron chi connectivity index (χ3n) is 3.46. The van der Waals surface area contributed by atoms with Crippen LogP contribution in [0.1, 0.15) is 26.6 Å². The van der Waals surface area contributed by atoms with Crippen LogP contribution >= 0.6 is 11.3 Å². The van der Waals surface area contributed by atoms with Crippen molar-refractivity contribution in [3.05, 3.63) is 51.5 Å². The monoisotopic (exact) mass is 286 g/mol. The second-order valence-electron chi connectivity index (χ2n) is 4.75. The van der Waals surface area contributed by atoms with Gasteiger partial charge in [-0.2, -0.15) is 0 Å². The van der Waals surface area contributed by atoms with E-state index in [2.05, 4.69) is 23.4 Å². The summed E-state index contributed by atoms with van der Waals surface area (Å²) >= 11 is 1.68. The van der Waals surface area contributed by atoms with Gasteiger partial charge in [-0.1, -0.05) is 6.07 Å². The van der Waals surface area contributed by atoms with E-state index in [-0.39, 0.29) is 0 Å². The van der Waals surface area contributed by atoms with Crippen LogP contribution < -0.4 is 0 Å². The minimum absolute atomic E-state index is 0.303. The van der Waals surface area contributed by atoms with Crippen LogP contribution in [0.4, 0.5) is 0 Å². The molecule has 102 valence electrons. The van der Waals surface area contributed by atoms with Crippen molar-refractivity contribution >= 4 is 28.3 Å². The van der Waals surface area contributed by atoms with E-state index in [0.717, 1.165) is 11.3 Å². The molecule has 0 spiro atoms. The number of hydrogen-bond acceptors (Lipinski definition) is 3. The molecular weight excluding hydrogens is 272 g/mol. The molecule has 4 nitrogen and oxygen atoms in total. The fraction of sp³-hybridized carbons (Fsp3) is 0.200. The van der Waals surface area contributed by atoms with Gasteiger partial charge in [-0.05, 0) is 43.0 Å². The molecule has 1 N–H and O–H groups in total. The van der Waals surface area contributed by atoms with Crippen LogP contribution in [0.3, 0.4) is 0 Å². The molecule has 0 fully saturated rings. The highest BCUT2D eigenvalue weighted by molar-refractivity contribution is 7.10. The van der Waals surface area contributed by atoms with Gasteiger partial charge in [0.2, 0.25) is 0 Å². The molecule has 3 aromatic rings. The molecule has 3 rings (SSSR count). The number of aromatic nitrogens is 2. The lowest BCUT2D eigenvalue weighted by atomic mass is 10.2. The van der Waals surface area contributed by atoms with Crippen LogP contribution in [0.15, 0.2) is 29.6 Å². The Hall–Kier alpha value is -2.14. The molecule has 0 saturated carbocycles. The Labute approximate surface area is 120 Å². The highest BCUT2D eigenvalue weighted by Gasteiger charge is 2.16. The van der Waals surface area contributed by atoms with Crippen molar-refractivity contribution < 1.29 is 9.90 Å². The third kappa shape index (κ3) is 2.00. The van der Waals surface area contributed by atoms with E-state index in [4.69, 9.17) is 0 Å². The predicted octanol–water partition coefficient (Wildman–Crippen LogP) is 3.46. The lowest BCUT2D eigenvalue weighted by Crippen LogP contribution is -2.06. The van der Waals surface area contributed by atoms with Crippen molar-refractivity contribution in [3.8, 4) is 0 Å². The molecule has 0 amide bonds. The van der Waals surface area contributed by atoms with Gasteiger partial charge in [0.05, 0.1) is 23.1 Å². The van der Waals surface area contributed by atoms with Gasteiger partial charge in [-0.25, -0.2) is 9.78 Å². The SMILES string of the molecule is Cc1ccsc1Cn1c(C)nc2cccc(C(=O)O)c21. The fourth-order valence-corrected chi connectivity index (χ4v) is 3.27. The molecule has 0 aliphatic heterocycles. The third-order valence-corrected chi connectivity index (χ3v) is 4.47. The van der Waals surface area contributed by atoms with E-state index in [1.165, 1.54) is 10.4 Å². The highest BCUT2D eigenvalue weighted by atomic mass is 32.1. The predicted molar refractivity (Wildman–Crippen MR) is 79.6 cm³/mol.